The molecule has 5 rings (SSSR count). The summed E-state index contributed by atoms with van der Waals surface area (Å²) in [5.74, 6) is 0.883. The van der Waals surface area contributed by atoms with Gasteiger partial charge in [-0.05, 0) is 38.1 Å². The molecule has 0 radical (unpaired) electrons. The zero-order chi connectivity index (χ0) is 18.1. The van der Waals surface area contributed by atoms with Gasteiger partial charge < -0.3 is 14.5 Å². The summed E-state index contributed by atoms with van der Waals surface area (Å²) in [5.41, 5.74) is 5.21. The van der Waals surface area contributed by atoms with Gasteiger partial charge in [-0.15, -0.1) is 0 Å². The predicted octanol–water partition coefficient (Wildman–Crippen LogP) is 4.19. The van der Waals surface area contributed by atoms with Gasteiger partial charge in [0.05, 0.1) is 23.1 Å². The molecule has 2 aromatic carbocycles. The van der Waals surface area contributed by atoms with Gasteiger partial charge in [0.15, 0.2) is 5.82 Å². The van der Waals surface area contributed by atoms with Gasteiger partial charge in [0.2, 0.25) is 0 Å². The molecule has 136 valence electrons. The number of hydrogen-bond acceptors (Lipinski definition) is 3. The molecule has 0 aliphatic carbocycles. The summed E-state index contributed by atoms with van der Waals surface area (Å²) in [6, 6.07) is 18.5. The van der Waals surface area contributed by atoms with Crippen molar-refractivity contribution in [3.05, 3.63) is 60.9 Å². The molecular weight excluding hydrogens is 334 g/mol. The third kappa shape index (κ3) is 3.15. The summed E-state index contributed by atoms with van der Waals surface area (Å²) < 4.78 is 2.25. The minimum absolute atomic E-state index is 0.883. The predicted molar refractivity (Wildman–Crippen MR) is 108 cm³/mol. The molecule has 0 saturated carbocycles. The molecule has 1 aliphatic heterocycles. The van der Waals surface area contributed by atoms with Crippen molar-refractivity contribution in [1.82, 2.24) is 24.4 Å². The van der Waals surface area contributed by atoms with Crippen molar-refractivity contribution in [3.63, 3.8) is 0 Å². The van der Waals surface area contributed by atoms with Crippen molar-refractivity contribution in [1.29, 1.82) is 0 Å². The monoisotopic (exact) mass is 357 g/mol. The Bertz CT molecular complexity index is 1010. The Labute approximate surface area is 158 Å². The molecule has 5 nitrogen and oxygen atoms in total. The van der Waals surface area contributed by atoms with Crippen LogP contribution in [0.15, 0.2) is 60.9 Å². The molecule has 1 N–H and O–H groups in total. The lowest BCUT2D eigenvalue weighted by Crippen LogP contribution is -2.24. The van der Waals surface area contributed by atoms with Gasteiger partial charge in [-0.2, -0.15) is 0 Å². The molecule has 4 aromatic rings. The molecule has 0 amide bonds. The summed E-state index contributed by atoms with van der Waals surface area (Å²) >= 11 is 0. The quantitative estimate of drug-likeness (QED) is 0.583. The smallest absolute Gasteiger partial charge is 0.157 e. The number of imidazole rings is 2. The van der Waals surface area contributed by atoms with E-state index in [0.717, 1.165) is 46.9 Å². The van der Waals surface area contributed by atoms with Crippen LogP contribution in [0.1, 0.15) is 12.8 Å². The largest absolute Gasteiger partial charge is 0.337 e. The highest BCUT2D eigenvalue weighted by Crippen LogP contribution is 2.30. The molecule has 0 atom stereocenters. The maximum absolute atomic E-state index is 4.85. The van der Waals surface area contributed by atoms with Gasteiger partial charge in [0.25, 0.3) is 0 Å². The van der Waals surface area contributed by atoms with E-state index in [1.54, 1.807) is 0 Å². The van der Waals surface area contributed by atoms with Crippen molar-refractivity contribution in [2.75, 3.05) is 19.6 Å². The summed E-state index contributed by atoms with van der Waals surface area (Å²) in [5, 5.41) is 0. The molecule has 1 fully saturated rings. The Morgan fingerprint density at radius 2 is 1.67 bits per heavy atom. The zero-order valence-corrected chi connectivity index (χ0v) is 15.3. The standard InChI is InChI=1S/C22H23N5/c1-2-8-17(9-3-1)20-21(22-24-18-10-4-5-11-19(18)25-22)27(16-23-20)15-14-26-12-6-7-13-26/h1-5,8-11,16H,6-7,12-15H2,(H,24,25). The van der Waals surface area contributed by atoms with E-state index in [0.29, 0.717) is 0 Å². The van der Waals surface area contributed by atoms with E-state index in [2.05, 4.69) is 44.8 Å². The van der Waals surface area contributed by atoms with Crippen LogP contribution in [0.2, 0.25) is 0 Å². The van der Waals surface area contributed by atoms with Crippen LogP contribution in [0.4, 0.5) is 0 Å². The number of hydrogen-bond donors (Lipinski definition) is 1. The maximum atomic E-state index is 4.85. The van der Waals surface area contributed by atoms with Gasteiger partial charge in [0, 0.05) is 18.7 Å². The summed E-state index contributed by atoms with van der Waals surface area (Å²) in [6.45, 7) is 4.39. The minimum atomic E-state index is 0.883. The number of para-hydroxylation sites is 2. The van der Waals surface area contributed by atoms with Gasteiger partial charge in [0.1, 0.15) is 5.69 Å². The zero-order valence-electron chi connectivity index (χ0n) is 15.3. The van der Waals surface area contributed by atoms with Crippen LogP contribution < -0.4 is 0 Å². The van der Waals surface area contributed by atoms with Crippen molar-refractivity contribution in [2.24, 2.45) is 0 Å². The Hall–Kier alpha value is -2.92. The normalized spacial score (nSPS) is 15.0. The van der Waals surface area contributed by atoms with Gasteiger partial charge in [-0.3, -0.25) is 0 Å². The SMILES string of the molecule is c1ccc(-c2ncn(CCN3CCCC3)c2-c2nc3ccccc3[nH]2)cc1. The molecule has 0 bridgehead atoms. The molecule has 3 heterocycles. The molecule has 27 heavy (non-hydrogen) atoms. The van der Waals surface area contributed by atoms with Crippen LogP contribution in [0.25, 0.3) is 33.8 Å². The molecule has 1 aliphatic rings. The first kappa shape index (κ1) is 16.3. The number of rotatable bonds is 5. The van der Waals surface area contributed by atoms with E-state index < -0.39 is 0 Å². The van der Waals surface area contributed by atoms with Crippen molar-refractivity contribution >= 4 is 11.0 Å². The second kappa shape index (κ2) is 7.00. The van der Waals surface area contributed by atoms with E-state index in [4.69, 9.17) is 9.97 Å². The average Bonchev–Trinajstić information content (AvgIpc) is 3.45. The van der Waals surface area contributed by atoms with Crippen LogP contribution >= 0.6 is 0 Å². The fraction of sp³-hybridized carbons (Fsp3) is 0.273. The van der Waals surface area contributed by atoms with E-state index in [1.165, 1.54) is 25.9 Å². The first-order chi connectivity index (χ1) is 13.4. The van der Waals surface area contributed by atoms with Crippen LogP contribution in [-0.2, 0) is 6.54 Å². The Morgan fingerprint density at radius 3 is 2.48 bits per heavy atom. The Balaban J connectivity index is 1.57. The highest BCUT2D eigenvalue weighted by Gasteiger charge is 2.19. The van der Waals surface area contributed by atoms with Crippen LogP contribution in [0.5, 0.6) is 0 Å². The van der Waals surface area contributed by atoms with Crippen molar-refractivity contribution in [2.45, 2.75) is 19.4 Å². The minimum Gasteiger partial charge on any atom is -0.337 e. The van der Waals surface area contributed by atoms with Gasteiger partial charge in [-0.25, -0.2) is 9.97 Å². The second-order valence-electron chi connectivity index (χ2n) is 7.15. The van der Waals surface area contributed by atoms with Crippen molar-refractivity contribution in [3.8, 4) is 22.8 Å². The van der Waals surface area contributed by atoms with E-state index in [1.807, 2.05) is 30.6 Å². The van der Waals surface area contributed by atoms with Crippen LogP contribution in [0.3, 0.4) is 0 Å². The molecule has 1 saturated heterocycles. The van der Waals surface area contributed by atoms with Crippen molar-refractivity contribution < 1.29 is 0 Å². The lowest BCUT2D eigenvalue weighted by molar-refractivity contribution is 0.323. The van der Waals surface area contributed by atoms with E-state index in [-0.39, 0.29) is 0 Å². The molecular formula is C22H23N5. The molecule has 0 unspecified atom stereocenters. The van der Waals surface area contributed by atoms with Crippen LogP contribution in [-0.4, -0.2) is 44.1 Å². The number of fused-ring (bicyclic) bond motifs is 1. The summed E-state index contributed by atoms with van der Waals surface area (Å²) in [7, 11) is 0. The third-order valence-corrected chi connectivity index (χ3v) is 5.35. The van der Waals surface area contributed by atoms with E-state index >= 15 is 0 Å². The number of aromatic amines is 1. The fourth-order valence-corrected chi connectivity index (χ4v) is 3.93. The number of nitrogens with zero attached hydrogens (tertiary/aromatic N) is 4. The number of H-pyrrole nitrogens is 1. The second-order valence-corrected chi connectivity index (χ2v) is 7.15. The summed E-state index contributed by atoms with van der Waals surface area (Å²) in [4.78, 5) is 15.6. The first-order valence-electron chi connectivity index (χ1n) is 9.66. The molecule has 2 aromatic heterocycles. The number of nitrogens with one attached hydrogen (secondary N) is 1. The number of aromatic nitrogens is 4. The topological polar surface area (TPSA) is 49.7 Å². The summed E-state index contributed by atoms with van der Waals surface area (Å²) in [6.07, 6.45) is 4.59. The molecule has 0 spiro atoms. The highest BCUT2D eigenvalue weighted by molar-refractivity contribution is 5.82. The lowest BCUT2D eigenvalue weighted by Gasteiger charge is -2.16. The third-order valence-electron chi connectivity index (χ3n) is 5.35. The lowest BCUT2D eigenvalue weighted by atomic mass is 10.1. The maximum Gasteiger partial charge on any atom is 0.157 e. The number of likely N-dealkylation sites (tertiary alicyclic amines) is 1. The van der Waals surface area contributed by atoms with Gasteiger partial charge >= 0.3 is 0 Å². The first-order valence-corrected chi connectivity index (χ1v) is 9.66. The Kier molecular flexibility index (Phi) is 4.22. The average molecular weight is 357 g/mol. The van der Waals surface area contributed by atoms with Crippen LogP contribution in [0, 0.1) is 0 Å². The Morgan fingerprint density at radius 1 is 0.889 bits per heavy atom. The fourth-order valence-electron chi connectivity index (χ4n) is 3.93. The van der Waals surface area contributed by atoms with E-state index in [9.17, 15) is 0 Å². The highest BCUT2D eigenvalue weighted by atomic mass is 15.2. The molecule has 5 heteroatoms. The van der Waals surface area contributed by atoms with Gasteiger partial charge in [-0.1, -0.05) is 42.5 Å². The number of benzene rings is 2.